The molecule has 0 aromatic heterocycles. The number of fused-ring (bicyclic) bond motifs is 4. The highest BCUT2D eigenvalue weighted by atomic mass is 19.2. The SMILES string of the molecule is Fc1ccc(-c2ccccc2B(c2c(F)c(F)c(F)c3c2Cc2cccc(F)c2-3)c2ccc(F)c3c(F)c(F)c(F)cc23)c(F)c1F. The first kappa shape index (κ1) is 30.5. The molecule has 0 spiro atoms. The van der Waals surface area contributed by atoms with Gasteiger partial charge >= 0.3 is 0 Å². The van der Waals surface area contributed by atoms with E-state index in [0.29, 0.717) is 18.2 Å². The van der Waals surface area contributed by atoms with E-state index in [0.717, 1.165) is 18.2 Å². The molecule has 0 heterocycles. The summed E-state index contributed by atoms with van der Waals surface area (Å²) in [5.41, 5.74) is -3.34. The Kier molecular flexibility index (Phi) is 7.14. The Labute approximate surface area is 258 Å². The summed E-state index contributed by atoms with van der Waals surface area (Å²) in [5, 5.41) is -1.73. The van der Waals surface area contributed by atoms with Crippen molar-refractivity contribution < 1.29 is 48.3 Å². The molecule has 0 bridgehead atoms. The van der Waals surface area contributed by atoms with Gasteiger partial charge in [-0.25, -0.2) is 48.3 Å². The monoisotopic (exact) mass is 654 g/mol. The fourth-order valence-corrected chi connectivity index (χ4v) is 6.51. The predicted octanol–water partition coefficient (Wildman–Crippen LogP) is 8.12. The molecule has 234 valence electrons. The van der Waals surface area contributed by atoms with E-state index in [1.54, 1.807) is 0 Å². The van der Waals surface area contributed by atoms with Crippen LogP contribution in [0.5, 0.6) is 0 Å². The second-order valence-electron chi connectivity index (χ2n) is 10.9. The van der Waals surface area contributed by atoms with Crippen LogP contribution in [0.2, 0.25) is 0 Å². The molecule has 12 heteroatoms. The van der Waals surface area contributed by atoms with Crippen LogP contribution in [0.1, 0.15) is 11.1 Å². The molecule has 6 aromatic carbocycles. The van der Waals surface area contributed by atoms with E-state index >= 15 is 30.7 Å². The molecule has 0 N–H and O–H groups in total. The molecule has 0 amide bonds. The molecule has 0 saturated heterocycles. The summed E-state index contributed by atoms with van der Waals surface area (Å²) in [7, 11) is 0. The molecule has 7 rings (SSSR count). The number of rotatable bonds is 4. The van der Waals surface area contributed by atoms with Gasteiger partial charge in [-0.05, 0) is 64.3 Å². The first-order chi connectivity index (χ1) is 22.4. The Bertz CT molecular complexity index is 2320. The second kappa shape index (κ2) is 11.0. The topological polar surface area (TPSA) is 0 Å². The first-order valence-electron chi connectivity index (χ1n) is 13.9. The van der Waals surface area contributed by atoms with Crippen LogP contribution < -0.4 is 16.4 Å². The lowest BCUT2D eigenvalue weighted by atomic mass is 9.34. The molecular weight excluding hydrogens is 640 g/mol. The van der Waals surface area contributed by atoms with Gasteiger partial charge in [-0.3, -0.25) is 0 Å². The van der Waals surface area contributed by atoms with Crippen LogP contribution in [0.4, 0.5) is 48.3 Å². The maximum absolute atomic E-state index is 16.3. The Morgan fingerprint density at radius 2 is 1.15 bits per heavy atom. The van der Waals surface area contributed by atoms with Crippen LogP contribution in [-0.2, 0) is 6.42 Å². The van der Waals surface area contributed by atoms with E-state index in [-0.39, 0.29) is 34.1 Å². The molecule has 0 nitrogen and oxygen atoms in total. The van der Waals surface area contributed by atoms with Gasteiger partial charge in [-0.15, -0.1) is 0 Å². The maximum Gasteiger partial charge on any atom is 0.247 e. The Morgan fingerprint density at radius 1 is 0.447 bits per heavy atom. The van der Waals surface area contributed by atoms with E-state index in [9.17, 15) is 17.6 Å². The van der Waals surface area contributed by atoms with Crippen molar-refractivity contribution in [3.8, 4) is 22.3 Å². The zero-order valence-corrected chi connectivity index (χ0v) is 23.4. The molecule has 0 aliphatic heterocycles. The smallest absolute Gasteiger partial charge is 0.206 e. The molecular formula is C35H14BF11. The summed E-state index contributed by atoms with van der Waals surface area (Å²) in [4.78, 5) is 0. The van der Waals surface area contributed by atoms with Gasteiger partial charge in [-0.1, -0.05) is 53.4 Å². The van der Waals surface area contributed by atoms with Gasteiger partial charge in [0.1, 0.15) is 11.6 Å². The average Bonchev–Trinajstić information content (AvgIpc) is 3.45. The number of halogens is 11. The fraction of sp³-hybridized carbons (Fsp3) is 0.0286. The Hall–Kier alpha value is -5.13. The molecule has 1 aliphatic rings. The van der Waals surface area contributed by atoms with E-state index in [1.165, 1.54) is 36.4 Å². The number of benzene rings is 6. The van der Waals surface area contributed by atoms with E-state index in [1.807, 2.05) is 0 Å². The predicted molar refractivity (Wildman–Crippen MR) is 155 cm³/mol. The lowest BCUT2D eigenvalue weighted by Gasteiger charge is -2.24. The van der Waals surface area contributed by atoms with Gasteiger partial charge in [-0.2, -0.15) is 0 Å². The third-order valence-electron chi connectivity index (χ3n) is 8.50. The fourth-order valence-electron chi connectivity index (χ4n) is 6.51. The molecule has 47 heavy (non-hydrogen) atoms. The third kappa shape index (κ3) is 4.45. The van der Waals surface area contributed by atoms with Gasteiger partial charge in [0, 0.05) is 16.7 Å². The quantitative estimate of drug-likeness (QED) is 0.102. The molecule has 6 aromatic rings. The molecule has 0 atom stereocenters. The highest BCUT2D eigenvalue weighted by Gasteiger charge is 2.40. The second-order valence-corrected chi connectivity index (χ2v) is 10.9. The van der Waals surface area contributed by atoms with Crippen LogP contribution in [0, 0.1) is 64.0 Å². The standard InChI is InChI=1S/C35H14BF11/c37-21-7-3-4-14-12-18-27(25(14)21)33(45)35(47)34(46)28(18)36(20-9-11-22(38)26-17(20)13-24(40)31(43)32(26)44)19-6-2-1-5-15(19)16-8-10-23(39)30(42)29(16)41/h1-11,13H,12H2. The van der Waals surface area contributed by atoms with Crippen molar-refractivity contribution in [3.05, 3.63) is 148 Å². The summed E-state index contributed by atoms with van der Waals surface area (Å²) < 4.78 is 165. The van der Waals surface area contributed by atoms with Crippen molar-refractivity contribution in [2.45, 2.75) is 6.42 Å². The van der Waals surface area contributed by atoms with Crippen molar-refractivity contribution in [2.75, 3.05) is 0 Å². The van der Waals surface area contributed by atoms with Crippen LogP contribution in [-0.4, -0.2) is 6.71 Å². The van der Waals surface area contributed by atoms with E-state index in [2.05, 4.69) is 0 Å². The van der Waals surface area contributed by atoms with Gasteiger partial charge in [0.25, 0.3) is 0 Å². The van der Waals surface area contributed by atoms with Crippen molar-refractivity contribution in [1.82, 2.24) is 0 Å². The van der Waals surface area contributed by atoms with Crippen molar-refractivity contribution >= 4 is 33.9 Å². The van der Waals surface area contributed by atoms with Crippen LogP contribution in [0.3, 0.4) is 0 Å². The van der Waals surface area contributed by atoms with Crippen molar-refractivity contribution in [1.29, 1.82) is 0 Å². The van der Waals surface area contributed by atoms with Crippen LogP contribution in [0.15, 0.2) is 72.8 Å². The summed E-state index contributed by atoms with van der Waals surface area (Å²) in [6.07, 6.45) is -0.374. The molecule has 0 unspecified atom stereocenters. The van der Waals surface area contributed by atoms with Crippen molar-refractivity contribution in [2.24, 2.45) is 0 Å². The Morgan fingerprint density at radius 3 is 1.91 bits per heavy atom. The summed E-state index contributed by atoms with van der Waals surface area (Å²) in [5.74, 6) is -18.7. The van der Waals surface area contributed by atoms with E-state index in [4.69, 9.17) is 0 Å². The van der Waals surface area contributed by atoms with Gasteiger partial charge in [0.15, 0.2) is 52.4 Å². The first-order valence-corrected chi connectivity index (χ1v) is 13.9. The van der Waals surface area contributed by atoms with Crippen molar-refractivity contribution in [3.63, 3.8) is 0 Å². The largest absolute Gasteiger partial charge is 0.247 e. The molecule has 0 radical (unpaired) electrons. The average molecular weight is 654 g/mol. The number of hydrogen-bond donors (Lipinski definition) is 0. The Balaban J connectivity index is 1.66. The summed E-state index contributed by atoms with van der Waals surface area (Å²) >= 11 is 0. The zero-order valence-electron chi connectivity index (χ0n) is 23.4. The lowest BCUT2D eigenvalue weighted by Crippen LogP contribution is -2.56. The molecule has 0 fully saturated rings. The normalized spacial score (nSPS) is 12.1. The van der Waals surface area contributed by atoms with E-state index < -0.39 is 104 Å². The summed E-state index contributed by atoms with van der Waals surface area (Å²) in [6, 6.07) is 12.2. The minimum absolute atomic E-state index is 0.131. The highest BCUT2D eigenvalue weighted by Crippen LogP contribution is 2.41. The molecule has 0 saturated carbocycles. The lowest BCUT2D eigenvalue weighted by molar-refractivity contribution is 0.449. The maximum atomic E-state index is 16.3. The number of hydrogen-bond acceptors (Lipinski definition) is 0. The highest BCUT2D eigenvalue weighted by molar-refractivity contribution is 6.98. The van der Waals surface area contributed by atoms with Crippen LogP contribution in [0.25, 0.3) is 33.0 Å². The summed E-state index contributed by atoms with van der Waals surface area (Å²) in [6.45, 7) is -1.84. The van der Waals surface area contributed by atoms with Gasteiger partial charge < -0.3 is 0 Å². The van der Waals surface area contributed by atoms with Gasteiger partial charge in [0.2, 0.25) is 6.71 Å². The van der Waals surface area contributed by atoms with Gasteiger partial charge in [0.05, 0.1) is 5.39 Å². The third-order valence-corrected chi connectivity index (χ3v) is 8.50. The molecule has 1 aliphatic carbocycles. The van der Waals surface area contributed by atoms with Crippen LogP contribution >= 0.6 is 0 Å². The zero-order chi connectivity index (χ0) is 33.5. The minimum atomic E-state index is -2.05. The minimum Gasteiger partial charge on any atom is -0.206 e.